The van der Waals surface area contributed by atoms with Crippen LogP contribution in [-0.4, -0.2) is 36.0 Å². The molecule has 0 radical (unpaired) electrons. The van der Waals surface area contributed by atoms with Crippen molar-refractivity contribution in [1.29, 1.82) is 5.26 Å². The molecule has 1 heterocycles. The second kappa shape index (κ2) is 4.06. The van der Waals surface area contributed by atoms with Crippen molar-refractivity contribution in [2.75, 3.05) is 7.05 Å². The predicted molar refractivity (Wildman–Crippen MR) is 60.4 cm³/mol. The zero-order valence-electron chi connectivity index (χ0n) is 10.1. The zero-order valence-corrected chi connectivity index (χ0v) is 10.1. The van der Waals surface area contributed by atoms with E-state index >= 15 is 0 Å². The number of likely N-dealkylation sites (tertiary alicyclic amines) is 1. The van der Waals surface area contributed by atoms with Gasteiger partial charge < -0.3 is 10.2 Å². The summed E-state index contributed by atoms with van der Waals surface area (Å²) in [6.07, 6.45) is 1.97. The summed E-state index contributed by atoms with van der Waals surface area (Å²) < 4.78 is 0. The molecule has 4 heteroatoms. The maximum atomic E-state index is 12.3. The Bertz CT molecular complexity index is 334. The highest BCUT2D eigenvalue weighted by Crippen LogP contribution is 2.47. The fourth-order valence-electron chi connectivity index (χ4n) is 2.79. The lowest BCUT2D eigenvalue weighted by Crippen LogP contribution is -2.50. The van der Waals surface area contributed by atoms with E-state index in [4.69, 9.17) is 5.26 Å². The molecule has 2 rings (SSSR count). The number of carbonyl (C=O) groups is 1. The normalized spacial score (nSPS) is 33.4. The molecular weight excluding hydrogens is 202 g/mol. The molecule has 2 aliphatic rings. The van der Waals surface area contributed by atoms with Crippen molar-refractivity contribution in [2.24, 2.45) is 11.8 Å². The van der Waals surface area contributed by atoms with Crippen molar-refractivity contribution in [1.82, 2.24) is 10.2 Å². The van der Waals surface area contributed by atoms with Gasteiger partial charge in [-0.1, -0.05) is 13.8 Å². The summed E-state index contributed by atoms with van der Waals surface area (Å²) in [6.45, 7) is 4.06. The highest BCUT2D eigenvalue weighted by Gasteiger charge is 2.55. The first-order valence-electron chi connectivity index (χ1n) is 5.99. The van der Waals surface area contributed by atoms with E-state index in [2.05, 4.69) is 11.4 Å². The Hall–Kier alpha value is -1.08. The number of hydrogen-bond acceptors (Lipinski definition) is 3. The first-order valence-corrected chi connectivity index (χ1v) is 5.99. The fourth-order valence-corrected chi connectivity index (χ4v) is 2.79. The van der Waals surface area contributed by atoms with Crippen LogP contribution in [0, 0.1) is 23.2 Å². The number of carbonyl (C=O) groups excluding carboxylic acids is 1. The van der Waals surface area contributed by atoms with Gasteiger partial charge in [0.25, 0.3) is 0 Å². The van der Waals surface area contributed by atoms with E-state index in [1.807, 2.05) is 25.8 Å². The van der Waals surface area contributed by atoms with Crippen LogP contribution in [0.3, 0.4) is 0 Å². The summed E-state index contributed by atoms with van der Waals surface area (Å²) in [6, 6.07) is 2.26. The lowest BCUT2D eigenvalue weighted by Gasteiger charge is -2.29. The van der Waals surface area contributed by atoms with E-state index < -0.39 is 0 Å². The van der Waals surface area contributed by atoms with Crippen LogP contribution in [-0.2, 0) is 4.79 Å². The topological polar surface area (TPSA) is 56.1 Å². The van der Waals surface area contributed by atoms with E-state index in [1.165, 1.54) is 0 Å². The van der Waals surface area contributed by atoms with Gasteiger partial charge in [0.2, 0.25) is 5.91 Å². The number of fused-ring (bicyclic) bond motifs is 1. The van der Waals surface area contributed by atoms with Crippen LogP contribution in [0.1, 0.15) is 26.7 Å². The average molecular weight is 221 g/mol. The molecule has 1 saturated heterocycles. The number of nitriles is 1. The highest BCUT2D eigenvalue weighted by molar-refractivity contribution is 5.84. The maximum Gasteiger partial charge on any atom is 0.241 e. The lowest BCUT2D eigenvalue weighted by atomic mass is 10.0. The van der Waals surface area contributed by atoms with Crippen molar-refractivity contribution in [3.63, 3.8) is 0 Å². The molecule has 0 bridgehead atoms. The van der Waals surface area contributed by atoms with Crippen LogP contribution < -0.4 is 5.32 Å². The van der Waals surface area contributed by atoms with Crippen molar-refractivity contribution >= 4 is 5.91 Å². The van der Waals surface area contributed by atoms with E-state index in [0.29, 0.717) is 12.0 Å². The van der Waals surface area contributed by atoms with Crippen molar-refractivity contribution in [3.05, 3.63) is 0 Å². The second-order valence-corrected chi connectivity index (χ2v) is 5.20. The van der Waals surface area contributed by atoms with Gasteiger partial charge in [-0.05, 0) is 31.7 Å². The molecule has 1 N–H and O–H groups in total. The van der Waals surface area contributed by atoms with Crippen LogP contribution in [0.15, 0.2) is 0 Å². The molecule has 1 saturated carbocycles. The SMILES string of the molecule is CN[C@H](C(=O)N1C(C#N)C[C@@H]2C[C@@H]21)C(C)C. The molecule has 16 heavy (non-hydrogen) atoms. The monoisotopic (exact) mass is 221 g/mol. The van der Waals surface area contributed by atoms with E-state index in [0.717, 1.165) is 12.8 Å². The van der Waals surface area contributed by atoms with Crippen molar-refractivity contribution < 1.29 is 4.79 Å². The van der Waals surface area contributed by atoms with Gasteiger partial charge in [-0.3, -0.25) is 4.79 Å². The number of nitrogens with zero attached hydrogens (tertiary/aromatic N) is 2. The first-order chi connectivity index (χ1) is 7.60. The molecule has 0 aromatic rings. The second-order valence-electron chi connectivity index (χ2n) is 5.20. The smallest absolute Gasteiger partial charge is 0.241 e. The Morgan fingerprint density at radius 2 is 2.19 bits per heavy atom. The van der Waals surface area contributed by atoms with Crippen molar-refractivity contribution in [2.45, 2.75) is 44.8 Å². The van der Waals surface area contributed by atoms with E-state index in [9.17, 15) is 4.79 Å². The van der Waals surface area contributed by atoms with Crippen LogP contribution >= 0.6 is 0 Å². The molecule has 0 spiro atoms. The number of nitrogens with one attached hydrogen (secondary N) is 1. The van der Waals surface area contributed by atoms with Gasteiger partial charge in [-0.2, -0.15) is 5.26 Å². The molecule has 1 aliphatic heterocycles. The Balaban J connectivity index is 2.11. The average Bonchev–Trinajstić information content (AvgIpc) is 2.89. The van der Waals surface area contributed by atoms with Crippen LogP contribution in [0.25, 0.3) is 0 Å². The Morgan fingerprint density at radius 1 is 1.50 bits per heavy atom. The molecule has 0 aromatic carbocycles. The van der Waals surface area contributed by atoms with Gasteiger partial charge in [0.15, 0.2) is 0 Å². The molecule has 1 unspecified atom stereocenters. The Kier molecular flexibility index (Phi) is 2.90. The molecule has 2 fully saturated rings. The largest absolute Gasteiger partial charge is 0.322 e. The molecule has 4 nitrogen and oxygen atoms in total. The third-order valence-corrected chi connectivity index (χ3v) is 3.75. The summed E-state index contributed by atoms with van der Waals surface area (Å²) in [7, 11) is 1.81. The van der Waals surface area contributed by atoms with Crippen molar-refractivity contribution in [3.8, 4) is 6.07 Å². The minimum Gasteiger partial charge on any atom is -0.322 e. The highest BCUT2D eigenvalue weighted by atomic mass is 16.2. The number of piperidine rings is 1. The van der Waals surface area contributed by atoms with Gasteiger partial charge in [0.1, 0.15) is 6.04 Å². The van der Waals surface area contributed by atoms with Gasteiger partial charge in [-0.15, -0.1) is 0 Å². The predicted octanol–water partition coefficient (Wildman–Crippen LogP) is 0.743. The van der Waals surface area contributed by atoms with Gasteiger partial charge in [0, 0.05) is 6.04 Å². The standard InChI is InChI=1S/C12H19N3O/c1-7(2)11(14-3)12(16)15-9(6-13)4-8-5-10(8)15/h7-11,14H,4-5H2,1-3H3/t8-,9?,10+,11+/m1/s1. The third kappa shape index (κ3) is 1.69. The van der Waals surface area contributed by atoms with Gasteiger partial charge in [0.05, 0.1) is 12.1 Å². The zero-order chi connectivity index (χ0) is 11.9. The lowest BCUT2D eigenvalue weighted by molar-refractivity contribution is -0.135. The van der Waals surface area contributed by atoms with Crippen LogP contribution in [0.4, 0.5) is 0 Å². The van der Waals surface area contributed by atoms with Crippen LogP contribution in [0.2, 0.25) is 0 Å². The molecule has 4 atom stereocenters. The summed E-state index contributed by atoms with van der Waals surface area (Å²) >= 11 is 0. The number of likely N-dealkylation sites (N-methyl/N-ethyl adjacent to an activating group) is 1. The third-order valence-electron chi connectivity index (χ3n) is 3.75. The summed E-state index contributed by atoms with van der Waals surface area (Å²) in [5.41, 5.74) is 0. The quantitative estimate of drug-likeness (QED) is 0.765. The number of amides is 1. The molecule has 1 aliphatic carbocycles. The van der Waals surface area contributed by atoms with E-state index in [1.54, 1.807) is 0 Å². The Morgan fingerprint density at radius 3 is 2.69 bits per heavy atom. The minimum absolute atomic E-state index is 0.106. The summed E-state index contributed by atoms with van der Waals surface area (Å²) in [5, 5.41) is 12.1. The minimum atomic E-state index is -0.189. The number of hydrogen-bond donors (Lipinski definition) is 1. The molecular formula is C12H19N3O. The molecule has 0 aromatic heterocycles. The van der Waals surface area contributed by atoms with Crippen LogP contribution in [0.5, 0.6) is 0 Å². The van der Waals surface area contributed by atoms with E-state index in [-0.39, 0.29) is 23.9 Å². The fraction of sp³-hybridized carbons (Fsp3) is 0.833. The summed E-state index contributed by atoms with van der Waals surface area (Å²) in [4.78, 5) is 14.2. The summed E-state index contributed by atoms with van der Waals surface area (Å²) in [5.74, 6) is 0.960. The molecule has 88 valence electrons. The molecule has 1 amide bonds. The maximum absolute atomic E-state index is 12.3. The number of rotatable bonds is 3. The van der Waals surface area contributed by atoms with Gasteiger partial charge in [-0.25, -0.2) is 0 Å². The first kappa shape index (κ1) is 11.4. The Labute approximate surface area is 96.6 Å². The van der Waals surface area contributed by atoms with Gasteiger partial charge >= 0.3 is 0 Å².